The first kappa shape index (κ1) is 14.8. The van der Waals surface area contributed by atoms with Crippen LogP contribution in [0.15, 0.2) is 18.2 Å². The van der Waals surface area contributed by atoms with Crippen LogP contribution in [-0.4, -0.2) is 29.8 Å². The fourth-order valence-electron chi connectivity index (χ4n) is 1.25. The summed E-state index contributed by atoms with van der Waals surface area (Å²) >= 11 is 5.78. The molecule has 18 heavy (non-hydrogen) atoms. The second kappa shape index (κ2) is 5.58. The van der Waals surface area contributed by atoms with Crippen LogP contribution in [-0.2, 0) is 0 Å². The third kappa shape index (κ3) is 3.61. The Bertz CT molecular complexity index is 448. The minimum absolute atomic E-state index is 0.178. The molecule has 0 radical (unpaired) electrons. The zero-order chi connectivity index (χ0) is 13.9. The summed E-state index contributed by atoms with van der Waals surface area (Å²) in [7, 11) is 0. The summed E-state index contributed by atoms with van der Waals surface area (Å²) in [4.78, 5) is 11.6. The summed E-state index contributed by atoms with van der Waals surface area (Å²) < 4.78 is 36.1. The molecule has 0 aromatic heterocycles. The Morgan fingerprint density at radius 2 is 2.11 bits per heavy atom. The molecule has 7 heteroatoms. The third-order valence-corrected chi connectivity index (χ3v) is 2.76. The lowest BCUT2D eigenvalue weighted by molar-refractivity contribution is -0.201. The Balaban J connectivity index is 2.70. The van der Waals surface area contributed by atoms with Crippen molar-refractivity contribution in [1.82, 2.24) is 5.32 Å². The van der Waals surface area contributed by atoms with Gasteiger partial charge in [0, 0.05) is 10.6 Å². The van der Waals surface area contributed by atoms with E-state index in [2.05, 4.69) is 0 Å². The van der Waals surface area contributed by atoms with E-state index in [1.165, 1.54) is 12.1 Å². The molecular weight excluding hydrogens is 271 g/mol. The van der Waals surface area contributed by atoms with E-state index in [1.807, 2.05) is 5.32 Å². The Morgan fingerprint density at radius 1 is 1.50 bits per heavy atom. The van der Waals surface area contributed by atoms with Gasteiger partial charge in [0.15, 0.2) is 6.10 Å². The van der Waals surface area contributed by atoms with Gasteiger partial charge in [0.1, 0.15) is 0 Å². The maximum atomic E-state index is 12.0. The van der Waals surface area contributed by atoms with Crippen LogP contribution in [0.25, 0.3) is 0 Å². The molecule has 1 atom stereocenters. The summed E-state index contributed by atoms with van der Waals surface area (Å²) in [5.74, 6) is -0.710. The van der Waals surface area contributed by atoms with Crippen LogP contribution in [0.5, 0.6) is 0 Å². The number of halogens is 4. The molecule has 1 unspecified atom stereocenters. The van der Waals surface area contributed by atoms with Gasteiger partial charge >= 0.3 is 6.18 Å². The minimum Gasteiger partial charge on any atom is -0.382 e. The summed E-state index contributed by atoms with van der Waals surface area (Å²) in [5.41, 5.74) is 0.648. The first-order valence-corrected chi connectivity index (χ1v) is 5.39. The molecule has 0 fully saturated rings. The monoisotopic (exact) mass is 281 g/mol. The molecule has 0 saturated carbocycles. The predicted octanol–water partition coefficient (Wildman–Crippen LogP) is 2.30. The van der Waals surface area contributed by atoms with Gasteiger partial charge < -0.3 is 10.4 Å². The number of aliphatic hydroxyl groups is 1. The number of amides is 1. The maximum Gasteiger partial charge on any atom is 0.416 e. The molecule has 2 N–H and O–H groups in total. The second-order valence-electron chi connectivity index (χ2n) is 3.68. The van der Waals surface area contributed by atoms with Gasteiger partial charge in [0.05, 0.1) is 6.54 Å². The Hall–Kier alpha value is -1.27. The molecular formula is C11H11ClF3NO2. The Labute approximate surface area is 107 Å². The number of benzene rings is 1. The summed E-state index contributed by atoms with van der Waals surface area (Å²) in [6.07, 6.45) is -7.34. The molecule has 0 bridgehead atoms. The van der Waals surface area contributed by atoms with Gasteiger partial charge in [-0.25, -0.2) is 0 Å². The molecule has 0 spiro atoms. The number of hydrogen-bond acceptors (Lipinski definition) is 2. The van der Waals surface area contributed by atoms with Crippen LogP contribution in [0.3, 0.4) is 0 Å². The maximum absolute atomic E-state index is 12.0. The lowest BCUT2D eigenvalue weighted by atomic mass is 10.1. The molecule has 1 aromatic carbocycles. The van der Waals surface area contributed by atoms with Crippen molar-refractivity contribution in [3.63, 3.8) is 0 Å². The van der Waals surface area contributed by atoms with Crippen molar-refractivity contribution in [2.24, 2.45) is 0 Å². The van der Waals surface area contributed by atoms with Crippen molar-refractivity contribution in [3.8, 4) is 0 Å². The van der Waals surface area contributed by atoms with Crippen molar-refractivity contribution >= 4 is 17.5 Å². The molecule has 1 amide bonds. The van der Waals surface area contributed by atoms with Crippen molar-refractivity contribution in [2.75, 3.05) is 6.54 Å². The van der Waals surface area contributed by atoms with Gasteiger partial charge in [-0.3, -0.25) is 4.79 Å². The normalized spacial score (nSPS) is 13.2. The van der Waals surface area contributed by atoms with Gasteiger partial charge in [-0.1, -0.05) is 17.7 Å². The highest BCUT2D eigenvalue weighted by molar-refractivity contribution is 6.31. The van der Waals surface area contributed by atoms with E-state index in [0.29, 0.717) is 10.6 Å². The smallest absolute Gasteiger partial charge is 0.382 e. The average Bonchev–Trinajstić information content (AvgIpc) is 2.27. The molecule has 1 aromatic rings. The number of carbonyl (C=O) groups excluding carboxylic acids is 1. The molecule has 0 saturated heterocycles. The van der Waals surface area contributed by atoms with Crippen LogP contribution >= 0.6 is 11.6 Å². The summed E-state index contributed by atoms with van der Waals surface area (Å²) in [6.45, 7) is 0.686. The predicted molar refractivity (Wildman–Crippen MR) is 60.6 cm³/mol. The highest BCUT2D eigenvalue weighted by atomic mass is 35.5. The van der Waals surface area contributed by atoms with Crippen LogP contribution in [0.1, 0.15) is 15.9 Å². The first-order chi connectivity index (χ1) is 8.23. The van der Waals surface area contributed by atoms with Crippen LogP contribution < -0.4 is 5.32 Å². The average molecular weight is 282 g/mol. The van der Waals surface area contributed by atoms with Crippen molar-refractivity contribution in [2.45, 2.75) is 19.2 Å². The van der Waals surface area contributed by atoms with Gasteiger partial charge in [-0.15, -0.1) is 0 Å². The highest BCUT2D eigenvalue weighted by Crippen LogP contribution is 2.20. The molecule has 0 aliphatic carbocycles. The molecule has 1 rings (SSSR count). The number of alkyl halides is 3. The molecule has 3 nitrogen and oxygen atoms in total. The van der Waals surface area contributed by atoms with Gasteiger partial charge in [-0.05, 0) is 24.6 Å². The number of aliphatic hydroxyl groups excluding tert-OH is 1. The van der Waals surface area contributed by atoms with Crippen molar-refractivity contribution in [1.29, 1.82) is 0 Å². The fraction of sp³-hybridized carbons (Fsp3) is 0.364. The topological polar surface area (TPSA) is 49.3 Å². The van der Waals surface area contributed by atoms with Gasteiger partial charge in [0.2, 0.25) is 0 Å². The number of carbonyl (C=O) groups is 1. The van der Waals surface area contributed by atoms with Gasteiger partial charge in [0.25, 0.3) is 5.91 Å². The lowest BCUT2D eigenvalue weighted by Gasteiger charge is -2.15. The number of hydrogen-bond donors (Lipinski definition) is 2. The van der Waals surface area contributed by atoms with Crippen molar-refractivity contribution in [3.05, 3.63) is 34.3 Å². The quantitative estimate of drug-likeness (QED) is 0.893. The van der Waals surface area contributed by atoms with E-state index < -0.39 is 24.7 Å². The van der Waals surface area contributed by atoms with E-state index >= 15 is 0 Å². The zero-order valence-corrected chi connectivity index (χ0v) is 10.1. The summed E-state index contributed by atoms with van der Waals surface area (Å²) in [6, 6.07) is 4.53. The molecule has 0 aliphatic heterocycles. The van der Waals surface area contributed by atoms with Crippen LogP contribution in [0.4, 0.5) is 13.2 Å². The molecule has 0 heterocycles. The van der Waals surface area contributed by atoms with Crippen molar-refractivity contribution < 1.29 is 23.1 Å². The summed E-state index contributed by atoms with van der Waals surface area (Å²) in [5, 5.41) is 11.1. The van der Waals surface area contributed by atoms with E-state index in [9.17, 15) is 18.0 Å². The highest BCUT2D eigenvalue weighted by Gasteiger charge is 2.38. The Kier molecular flexibility index (Phi) is 4.59. The first-order valence-electron chi connectivity index (χ1n) is 5.01. The van der Waals surface area contributed by atoms with E-state index in [-0.39, 0.29) is 5.56 Å². The lowest BCUT2D eigenvalue weighted by Crippen LogP contribution is -2.40. The largest absolute Gasteiger partial charge is 0.416 e. The van der Waals surface area contributed by atoms with Gasteiger partial charge in [-0.2, -0.15) is 13.2 Å². The third-order valence-electron chi connectivity index (χ3n) is 2.35. The SMILES string of the molecule is Cc1c(Cl)cccc1C(=O)NCC(O)C(F)(F)F. The minimum atomic E-state index is -4.75. The zero-order valence-electron chi connectivity index (χ0n) is 9.38. The van der Waals surface area contributed by atoms with E-state index in [4.69, 9.17) is 16.7 Å². The number of nitrogens with one attached hydrogen (secondary N) is 1. The Morgan fingerprint density at radius 3 is 2.67 bits per heavy atom. The fourth-order valence-corrected chi connectivity index (χ4v) is 1.43. The molecule has 0 aliphatic rings. The second-order valence-corrected chi connectivity index (χ2v) is 4.09. The van der Waals surface area contributed by atoms with Crippen LogP contribution in [0, 0.1) is 6.92 Å². The van der Waals surface area contributed by atoms with Crippen LogP contribution in [0.2, 0.25) is 5.02 Å². The van der Waals surface area contributed by atoms with E-state index in [0.717, 1.165) is 0 Å². The number of rotatable bonds is 3. The molecule has 100 valence electrons. The standard InChI is InChI=1S/C11H11ClF3NO2/c1-6-7(3-2-4-8(6)12)10(18)16-5-9(17)11(13,14)15/h2-4,9,17H,5H2,1H3,(H,16,18). The van der Waals surface area contributed by atoms with E-state index in [1.54, 1.807) is 13.0 Å².